The maximum atomic E-state index is 12.3. The summed E-state index contributed by atoms with van der Waals surface area (Å²) in [5, 5.41) is 9.92. The van der Waals surface area contributed by atoms with Crippen molar-refractivity contribution in [2.24, 2.45) is 5.92 Å². The van der Waals surface area contributed by atoms with Gasteiger partial charge in [0.05, 0.1) is 6.07 Å². The average molecular weight is 154 g/mol. The van der Waals surface area contributed by atoms with Crippen LogP contribution in [0, 0.1) is 17.2 Å². The number of nitrogens with one attached hydrogen (secondary N) is 1. The molecule has 1 N–H and O–H groups in total. The van der Waals surface area contributed by atoms with Gasteiger partial charge in [0.1, 0.15) is 5.92 Å². The minimum Gasteiger partial charge on any atom is -0.289 e. The maximum absolute atomic E-state index is 12.3. The predicted octanol–water partition coefficient (Wildman–Crippen LogP) is -0.364. The molecule has 1 aliphatic heterocycles. The van der Waals surface area contributed by atoms with E-state index in [1.165, 1.54) is 6.07 Å². The molecule has 2 amide bonds. The van der Waals surface area contributed by atoms with Crippen LogP contribution in [0.15, 0.2) is 11.9 Å². The summed E-state index contributed by atoms with van der Waals surface area (Å²) < 4.78 is 12.3. The molecule has 1 heterocycles. The second-order valence-electron chi connectivity index (χ2n) is 1.94. The third kappa shape index (κ3) is 1.24. The Morgan fingerprint density at radius 1 is 1.64 bits per heavy atom. The lowest BCUT2D eigenvalue weighted by molar-refractivity contribution is -0.131. The fourth-order valence-electron chi connectivity index (χ4n) is 0.643. The first-order valence-electron chi connectivity index (χ1n) is 2.77. The van der Waals surface area contributed by atoms with Crippen molar-refractivity contribution in [2.45, 2.75) is 0 Å². The molecule has 0 fully saturated rings. The molecule has 0 saturated heterocycles. The van der Waals surface area contributed by atoms with E-state index in [0.29, 0.717) is 6.08 Å². The molecule has 0 aromatic heterocycles. The molecule has 11 heavy (non-hydrogen) atoms. The standard InChI is InChI=1S/C6H3FN2O2/c7-4-1-3(2-8)5(10)9-6(4)11/h1,3H,(H,9,10,11). The van der Waals surface area contributed by atoms with Crippen LogP contribution >= 0.6 is 0 Å². The number of amides is 2. The van der Waals surface area contributed by atoms with Crippen LogP contribution in [0.2, 0.25) is 0 Å². The summed E-state index contributed by atoms with van der Waals surface area (Å²) in [6.07, 6.45) is 0.696. The smallest absolute Gasteiger partial charge is 0.286 e. The molecule has 0 aromatic carbocycles. The number of imide groups is 1. The first kappa shape index (κ1) is 7.41. The highest BCUT2D eigenvalue weighted by Crippen LogP contribution is 2.09. The van der Waals surface area contributed by atoms with Crippen LogP contribution in [0.3, 0.4) is 0 Å². The molecule has 56 valence electrons. The van der Waals surface area contributed by atoms with Crippen molar-refractivity contribution in [2.75, 3.05) is 0 Å². The molecule has 0 aromatic rings. The summed E-state index contributed by atoms with van der Waals surface area (Å²) in [6.45, 7) is 0. The van der Waals surface area contributed by atoms with E-state index < -0.39 is 23.6 Å². The average Bonchev–Trinajstić information content (AvgIpc) is 1.97. The van der Waals surface area contributed by atoms with E-state index in [1.807, 2.05) is 0 Å². The number of nitrogens with zero attached hydrogens (tertiary/aromatic N) is 1. The molecule has 4 nitrogen and oxygen atoms in total. The van der Waals surface area contributed by atoms with E-state index in [0.717, 1.165) is 0 Å². The van der Waals surface area contributed by atoms with Gasteiger partial charge in [-0.25, -0.2) is 4.39 Å². The Kier molecular flexibility index (Phi) is 1.68. The summed E-state index contributed by atoms with van der Waals surface area (Å²) in [4.78, 5) is 21.0. The molecule has 1 atom stereocenters. The van der Waals surface area contributed by atoms with E-state index in [9.17, 15) is 14.0 Å². The van der Waals surface area contributed by atoms with Crippen LogP contribution in [0.5, 0.6) is 0 Å². The van der Waals surface area contributed by atoms with E-state index in [-0.39, 0.29) is 0 Å². The number of rotatable bonds is 0. The van der Waals surface area contributed by atoms with Crippen LogP contribution in [0.1, 0.15) is 0 Å². The van der Waals surface area contributed by atoms with Crippen molar-refractivity contribution < 1.29 is 14.0 Å². The number of hydrogen-bond donors (Lipinski definition) is 1. The SMILES string of the molecule is N#CC1C=C(F)C(=O)NC1=O. The summed E-state index contributed by atoms with van der Waals surface area (Å²) in [5.41, 5.74) is 0. The third-order valence-corrected chi connectivity index (χ3v) is 1.19. The van der Waals surface area contributed by atoms with Gasteiger partial charge in [0.2, 0.25) is 5.91 Å². The Morgan fingerprint density at radius 2 is 2.27 bits per heavy atom. The lowest BCUT2D eigenvalue weighted by Crippen LogP contribution is -2.38. The fraction of sp³-hybridized carbons (Fsp3) is 0.167. The van der Waals surface area contributed by atoms with Crippen molar-refractivity contribution >= 4 is 11.8 Å². The zero-order valence-corrected chi connectivity index (χ0v) is 5.30. The monoisotopic (exact) mass is 154 g/mol. The van der Waals surface area contributed by atoms with Gasteiger partial charge >= 0.3 is 0 Å². The molecule has 1 aliphatic rings. The van der Waals surface area contributed by atoms with Gasteiger partial charge in [-0.2, -0.15) is 5.26 Å². The number of halogens is 1. The molecule has 0 spiro atoms. The molecule has 0 radical (unpaired) electrons. The maximum Gasteiger partial charge on any atom is 0.286 e. The quantitative estimate of drug-likeness (QED) is 0.484. The molecule has 5 heteroatoms. The lowest BCUT2D eigenvalue weighted by atomic mass is 10.1. The van der Waals surface area contributed by atoms with Gasteiger partial charge in [-0.15, -0.1) is 0 Å². The van der Waals surface area contributed by atoms with Crippen LogP contribution in [0.25, 0.3) is 0 Å². The van der Waals surface area contributed by atoms with Crippen LogP contribution in [-0.2, 0) is 9.59 Å². The third-order valence-electron chi connectivity index (χ3n) is 1.19. The highest BCUT2D eigenvalue weighted by Gasteiger charge is 2.26. The van der Waals surface area contributed by atoms with Gasteiger partial charge in [0, 0.05) is 0 Å². The van der Waals surface area contributed by atoms with Crippen molar-refractivity contribution in [1.82, 2.24) is 5.32 Å². The van der Waals surface area contributed by atoms with E-state index in [2.05, 4.69) is 0 Å². The Morgan fingerprint density at radius 3 is 2.82 bits per heavy atom. The van der Waals surface area contributed by atoms with Crippen molar-refractivity contribution in [1.29, 1.82) is 5.26 Å². The summed E-state index contributed by atoms with van der Waals surface area (Å²) >= 11 is 0. The lowest BCUT2D eigenvalue weighted by Gasteiger charge is -2.09. The molecule has 0 aliphatic carbocycles. The minimum absolute atomic E-state index is 0.696. The van der Waals surface area contributed by atoms with Crippen molar-refractivity contribution in [3.05, 3.63) is 11.9 Å². The fourth-order valence-corrected chi connectivity index (χ4v) is 0.643. The number of nitriles is 1. The summed E-state index contributed by atoms with van der Waals surface area (Å²) in [6, 6.07) is 1.52. The van der Waals surface area contributed by atoms with Gasteiger partial charge in [-0.3, -0.25) is 14.9 Å². The van der Waals surface area contributed by atoms with Crippen molar-refractivity contribution in [3.63, 3.8) is 0 Å². The van der Waals surface area contributed by atoms with Gasteiger partial charge in [0.15, 0.2) is 5.83 Å². The Bertz CT molecular complexity index is 289. The molecule has 1 rings (SSSR count). The van der Waals surface area contributed by atoms with E-state index in [4.69, 9.17) is 5.26 Å². The molecule has 1 unspecified atom stereocenters. The second-order valence-corrected chi connectivity index (χ2v) is 1.94. The topological polar surface area (TPSA) is 70.0 Å². The largest absolute Gasteiger partial charge is 0.289 e. The highest BCUT2D eigenvalue weighted by atomic mass is 19.1. The van der Waals surface area contributed by atoms with Crippen LogP contribution in [0.4, 0.5) is 4.39 Å². The van der Waals surface area contributed by atoms with Crippen LogP contribution in [-0.4, -0.2) is 11.8 Å². The van der Waals surface area contributed by atoms with Gasteiger partial charge in [-0.1, -0.05) is 0 Å². The molecular formula is C6H3FN2O2. The summed E-state index contributed by atoms with van der Waals surface area (Å²) in [5.74, 6) is -4.13. The zero-order chi connectivity index (χ0) is 8.43. The number of carbonyl (C=O) groups excluding carboxylic acids is 2. The van der Waals surface area contributed by atoms with E-state index >= 15 is 0 Å². The molecule has 0 saturated carbocycles. The normalized spacial score (nSPS) is 23.6. The second kappa shape index (κ2) is 2.50. The highest BCUT2D eigenvalue weighted by molar-refractivity contribution is 6.07. The van der Waals surface area contributed by atoms with Gasteiger partial charge in [0.25, 0.3) is 5.91 Å². The Balaban J connectivity index is 2.97. The van der Waals surface area contributed by atoms with Crippen LogP contribution < -0.4 is 5.32 Å². The Labute approximate surface area is 61.3 Å². The zero-order valence-electron chi connectivity index (χ0n) is 5.30. The number of hydrogen-bond acceptors (Lipinski definition) is 3. The predicted molar refractivity (Wildman–Crippen MR) is 31.4 cm³/mol. The summed E-state index contributed by atoms with van der Waals surface area (Å²) in [7, 11) is 0. The van der Waals surface area contributed by atoms with Crippen molar-refractivity contribution in [3.8, 4) is 6.07 Å². The molecular weight excluding hydrogens is 151 g/mol. The first-order valence-corrected chi connectivity index (χ1v) is 2.77. The first-order chi connectivity index (χ1) is 5.15. The number of carbonyl (C=O) groups is 2. The Hall–Kier alpha value is -1.70. The minimum atomic E-state index is -1.19. The van der Waals surface area contributed by atoms with Gasteiger partial charge in [-0.05, 0) is 6.08 Å². The van der Waals surface area contributed by atoms with Gasteiger partial charge < -0.3 is 0 Å². The van der Waals surface area contributed by atoms with E-state index in [1.54, 1.807) is 5.32 Å². The molecule has 0 bridgehead atoms.